The molecule has 1 aromatic rings. The van der Waals surface area contributed by atoms with Crippen molar-refractivity contribution >= 4 is 5.91 Å². The van der Waals surface area contributed by atoms with E-state index >= 15 is 0 Å². The predicted octanol–water partition coefficient (Wildman–Crippen LogP) is 0.642. The fourth-order valence-electron chi connectivity index (χ4n) is 0.997. The number of hydrogen-bond donors (Lipinski definition) is 1. The van der Waals surface area contributed by atoms with Crippen molar-refractivity contribution in [2.45, 2.75) is 19.8 Å². The SMILES string of the molecule is CC(C)c1cn(C)c(C(N)=O)n1. The van der Waals surface area contributed by atoms with Crippen molar-refractivity contribution in [1.82, 2.24) is 9.55 Å². The zero-order chi connectivity index (χ0) is 9.30. The minimum atomic E-state index is -0.482. The van der Waals surface area contributed by atoms with Crippen LogP contribution >= 0.6 is 0 Å². The van der Waals surface area contributed by atoms with Crippen LogP contribution in [0.3, 0.4) is 0 Å². The van der Waals surface area contributed by atoms with Gasteiger partial charge in [0.05, 0.1) is 5.69 Å². The van der Waals surface area contributed by atoms with Gasteiger partial charge in [-0.25, -0.2) is 4.98 Å². The van der Waals surface area contributed by atoms with Crippen molar-refractivity contribution in [3.63, 3.8) is 0 Å². The number of nitrogens with two attached hydrogens (primary N) is 1. The Bertz CT molecular complexity index is 301. The standard InChI is InChI=1S/C8H13N3O/c1-5(2)6-4-11(3)8(10-6)7(9)12/h4-5H,1-3H3,(H2,9,12). The van der Waals surface area contributed by atoms with Gasteiger partial charge in [-0.15, -0.1) is 0 Å². The maximum Gasteiger partial charge on any atom is 0.284 e. The van der Waals surface area contributed by atoms with Gasteiger partial charge in [-0.3, -0.25) is 4.79 Å². The number of carbonyl (C=O) groups is 1. The summed E-state index contributed by atoms with van der Waals surface area (Å²) in [7, 11) is 1.76. The van der Waals surface area contributed by atoms with Gasteiger partial charge >= 0.3 is 0 Å². The average molecular weight is 167 g/mol. The van der Waals surface area contributed by atoms with E-state index in [0.29, 0.717) is 11.7 Å². The van der Waals surface area contributed by atoms with Crippen LogP contribution in [0.1, 0.15) is 36.1 Å². The number of carbonyl (C=O) groups excluding carboxylic acids is 1. The molecule has 0 fully saturated rings. The zero-order valence-electron chi connectivity index (χ0n) is 7.53. The molecule has 0 aliphatic heterocycles. The number of aryl methyl sites for hydroxylation is 1. The van der Waals surface area contributed by atoms with E-state index in [2.05, 4.69) is 4.98 Å². The molecule has 1 rings (SSSR count). The Labute approximate surface area is 71.4 Å². The third-order valence-corrected chi connectivity index (χ3v) is 1.71. The summed E-state index contributed by atoms with van der Waals surface area (Å²) in [4.78, 5) is 14.9. The first kappa shape index (κ1) is 8.77. The average Bonchev–Trinajstić information content (AvgIpc) is 2.30. The molecule has 1 heterocycles. The third kappa shape index (κ3) is 1.47. The van der Waals surface area contributed by atoms with Crippen molar-refractivity contribution in [3.8, 4) is 0 Å². The maximum absolute atomic E-state index is 10.8. The monoisotopic (exact) mass is 167 g/mol. The Morgan fingerprint density at radius 3 is 2.50 bits per heavy atom. The second-order valence-electron chi connectivity index (χ2n) is 3.12. The molecule has 66 valence electrons. The van der Waals surface area contributed by atoms with Gasteiger partial charge in [0, 0.05) is 13.2 Å². The largest absolute Gasteiger partial charge is 0.363 e. The second-order valence-corrected chi connectivity index (χ2v) is 3.12. The van der Waals surface area contributed by atoms with E-state index in [9.17, 15) is 4.79 Å². The van der Waals surface area contributed by atoms with Gasteiger partial charge in [0.25, 0.3) is 5.91 Å². The highest BCUT2D eigenvalue weighted by molar-refractivity contribution is 5.89. The Morgan fingerprint density at radius 2 is 2.25 bits per heavy atom. The highest BCUT2D eigenvalue weighted by atomic mass is 16.1. The van der Waals surface area contributed by atoms with Gasteiger partial charge in [-0.05, 0) is 5.92 Å². The number of hydrogen-bond acceptors (Lipinski definition) is 2. The molecule has 0 aliphatic rings. The fourth-order valence-corrected chi connectivity index (χ4v) is 0.997. The summed E-state index contributed by atoms with van der Waals surface area (Å²) in [5, 5.41) is 0. The van der Waals surface area contributed by atoms with Crippen LogP contribution in [0.2, 0.25) is 0 Å². The van der Waals surface area contributed by atoms with Crippen molar-refractivity contribution in [1.29, 1.82) is 0 Å². The number of imidazole rings is 1. The van der Waals surface area contributed by atoms with Gasteiger partial charge in [-0.2, -0.15) is 0 Å². The molecule has 0 atom stereocenters. The van der Waals surface area contributed by atoms with Crippen LogP contribution in [0.15, 0.2) is 6.20 Å². The Hall–Kier alpha value is -1.32. The summed E-state index contributed by atoms with van der Waals surface area (Å²) >= 11 is 0. The van der Waals surface area contributed by atoms with E-state index in [1.54, 1.807) is 11.6 Å². The fraction of sp³-hybridized carbons (Fsp3) is 0.500. The first-order valence-electron chi connectivity index (χ1n) is 3.85. The van der Waals surface area contributed by atoms with Crippen molar-refractivity contribution in [2.75, 3.05) is 0 Å². The normalized spacial score (nSPS) is 10.7. The van der Waals surface area contributed by atoms with Crippen LogP contribution in [0.5, 0.6) is 0 Å². The van der Waals surface area contributed by atoms with E-state index < -0.39 is 5.91 Å². The van der Waals surface area contributed by atoms with Crippen LogP contribution < -0.4 is 5.73 Å². The molecule has 0 unspecified atom stereocenters. The maximum atomic E-state index is 10.8. The predicted molar refractivity (Wildman–Crippen MR) is 45.8 cm³/mol. The van der Waals surface area contributed by atoms with Crippen molar-refractivity contribution < 1.29 is 4.79 Å². The number of primary amides is 1. The molecule has 2 N–H and O–H groups in total. The minimum absolute atomic E-state index is 0.318. The van der Waals surface area contributed by atoms with E-state index in [-0.39, 0.29) is 0 Å². The van der Waals surface area contributed by atoms with E-state index in [1.807, 2.05) is 20.0 Å². The van der Waals surface area contributed by atoms with Gasteiger partial charge < -0.3 is 10.3 Å². The molecule has 0 saturated heterocycles. The van der Waals surface area contributed by atoms with Gasteiger partial charge in [-0.1, -0.05) is 13.8 Å². The van der Waals surface area contributed by atoms with Gasteiger partial charge in [0.15, 0.2) is 5.82 Å². The van der Waals surface area contributed by atoms with Crippen molar-refractivity contribution in [3.05, 3.63) is 17.7 Å². The van der Waals surface area contributed by atoms with Crippen LogP contribution in [-0.4, -0.2) is 15.5 Å². The lowest BCUT2D eigenvalue weighted by Gasteiger charge is -1.95. The molecule has 0 aliphatic carbocycles. The highest BCUT2D eigenvalue weighted by Crippen LogP contribution is 2.12. The van der Waals surface area contributed by atoms with E-state index in [1.165, 1.54) is 0 Å². The number of nitrogens with zero attached hydrogens (tertiary/aromatic N) is 2. The Morgan fingerprint density at radius 1 is 1.67 bits per heavy atom. The minimum Gasteiger partial charge on any atom is -0.363 e. The van der Waals surface area contributed by atoms with Crippen molar-refractivity contribution in [2.24, 2.45) is 12.8 Å². The quantitative estimate of drug-likeness (QED) is 0.702. The Balaban J connectivity index is 3.09. The summed E-state index contributed by atoms with van der Waals surface area (Å²) < 4.78 is 1.65. The summed E-state index contributed by atoms with van der Waals surface area (Å²) in [5.74, 6) is 0.160. The van der Waals surface area contributed by atoms with E-state index in [0.717, 1.165) is 5.69 Å². The topological polar surface area (TPSA) is 60.9 Å². The lowest BCUT2D eigenvalue weighted by Crippen LogP contribution is -2.16. The highest BCUT2D eigenvalue weighted by Gasteiger charge is 2.11. The van der Waals surface area contributed by atoms with Gasteiger partial charge in [0.2, 0.25) is 0 Å². The molecule has 4 nitrogen and oxygen atoms in total. The Kier molecular flexibility index (Phi) is 2.17. The first-order valence-corrected chi connectivity index (χ1v) is 3.85. The van der Waals surface area contributed by atoms with Gasteiger partial charge in [0.1, 0.15) is 0 Å². The molecule has 12 heavy (non-hydrogen) atoms. The second kappa shape index (κ2) is 2.97. The zero-order valence-corrected chi connectivity index (χ0v) is 7.53. The van der Waals surface area contributed by atoms with Crippen LogP contribution in [0.25, 0.3) is 0 Å². The summed E-state index contributed by atoms with van der Waals surface area (Å²) in [6, 6.07) is 0. The molecule has 1 amide bonds. The lowest BCUT2D eigenvalue weighted by atomic mass is 10.2. The molecule has 1 aromatic heterocycles. The number of amides is 1. The first-order chi connectivity index (χ1) is 5.52. The summed E-state index contributed by atoms with van der Waals surface area (Å²) in [6.07, 6.45) is 1.82. The summed E-state index contributed by atoms with van der Waals surface area (Å²) in [5.41, 5.74) is 6.00. The molecule has 0 aromatic carbocycles. The van der Waals surface area contributed by atoms with Crippen LogP contribution in [0, 0.1) is 0 Å². The third-order valence-electron chi connectivity index (χ3n) is 1.71. The molecular weight excluding hydrogens is 154 g/mol. The van der Waals surface area contributed by atoms with Crippen LogP contribution in [-0.2, 0) is 7.05 Å². The number of aromatic nitrogens is 2. The van der Waals surface area contributed by atoms with E-state index in [4.69, 9.17) is 5.73 Å². The number of rotatable bonds is 2. The smallest absolute Gasteiger partial charge is 0.284 e. The molecule has 4 heteroatoms. The molecule has 0 spiro atoms. The molecule has 0 radical (unpaired) electrons. The van der Waals surface area contributed by atoms with Crippen LogP contribution in [0.4, 0.5) is 0 Å². The molecular formula is C8H13N3O. The molecule has 0 saturated carbocycles. The summed E-state index contributed by atoms with van der Waals surface area (Å²) in [6.45, 7) is 4.04. The molecule has 0 bridgehead atoms. The lowest BCUT2D eigenvalue weighted by molar-refractivity contribution is 0.0987.